The summed E-state index contributed by atoms with van der Waals surface area (Å²) in [5.74, 6) is -1.64. The zero-order valence-corrected chi connectivity index (χ0v) is 21.0. The normalized spacial score (nSPS) is 12.2. The first-order valence-corrected chi connectivity index (χ1v) is 12.2. The van der Waals surface area contributed by atoms with Crippen molar-refractivity contribution in [2.45, 2.75) is 44.8 Å². The molecule has 3 N–H and O–H groups in total. The molecule has 1 aromatic carbocycles. The number of hydrogen-bond donors (Lipinski definition) is 3. The number of carbonyl (C=O) groups is 3. The number of allylic oxidation sites excluding steroid dienone is 2. The van der Waals surface area contributed by atoms with Gasteiger partial charge in [-0.3, -0.25) is 14.4 Å². The lowest BCUT2D eigenvalue weighted by molar-refractivity contribution is -0.146. The van der Waals surface area contributed by atoms with Gasteiger partial charge < -0.3 is 30.0 Å². The van der Waals surface area contributed by atoms with Crippen LogP contribution in [0.15, 0.2) is 55.6 Å². The molecule has 0 aromatic heterocycles. The molecule has 0 saturated heterocycles. The smallest absolute Gasteiger partial charge is 0.305 e. The van der Waals surface area contributed by atoms with Crippen molar-refractivity contribution in [3.05, 3.63) is 61.2 Å². The Kier molecular flexibility index (Phi) is 17.4. The van der Waals surface area contributed by atoms with E-state index in [1.807, 2.05) is 30.3 Å². The Morgan fingerprint density at radius 2 is 1.81 bits per heavy atom. The van der Waals surface area contributed by atoms with Crippen molar-refractivity contribution in [3.63, 3.8) is 0 Å². The Morgan fingerprint density at radius 3 is 2.50 bits per heavy atom. The van der Waals surface area contributed by atoms with Crippen LogP contribution >= 0.6 is 0 Å². The summed E-state index contributed by atoms with van der Waals surface area (Å²) in [7, 11) is 0. The summed E-state index contributed by atoms with van der Waals surface area (Å²) in [6, 6.07) is 9.02. The van der Waals surface area contributed by atoms with Gasteiger partial charge in [-0.05, 0) is 24.8 Å². The second-order valence-corrected chi connectivity index (χ2v) is 8.18. The predicted octanol–water partition coefficient (Wildman–Crippen LogP) is 2.30. The van der Waals surface area contributed by atoms with E-state index in [0.29, 0.717) is 25.9 Å². The molecule has 0 saturated carbocycles. The van der Waals surface area contributed by atoms with Gasteiger partial charge in [0, 0.05) is 19.4 Å². The van der Waals surface area contributed by atoms with Crippen molar-refractivity contribution in [1.29, 1.82) is 0 Å². The van der Waals surface area contributed by atoms with Gasteiger partial charge in [-0.1, -0.05) is 42.5 Å². The van der Waals surface area contributed by atoms with Gasteiger partial charge in [-0.2, -0.15) is 0 Å². The summed E-state index contributed by atoms with van der Waals surface area (Å²) in [6.45, 7) is 8.42. The molecule has 0 aliphatic rings. The molecule has 0 fully saturated rings. The second kappa shape index (κ2) is 20.2. The summed E-state index contributed by atoms with van der Waals surface area (Å²) >= 11 is 0. The minimum Gasteiger partial charge on any atom is -0.463 e. The fourth-order valence-electron chi connectivity index (χ4n) is 3.21. The molecule has 1 rings (SSSR count). The maximum Gasteiger partial charge on any atom is 0.305 e. The zero-order valence-electron chi connectivity index (χ0n) is 21.0. The lowest BCUT2D eigenvalue weighted by Crippen LogP contribution is -2.45. The first kappa shape index (κ1) is 31.0. The number of ether oxygens (including phenoxy) is 3. The lowest BCUT2D eigenvalue weighted by Gasteiger charge is -2.22. The third-order valence-electron chi connectivity index (χ3n) is 5.07. The molecule has 0 unspecified atom stereocenters. The molecular formula is C27H40N2O7. The molecule has 0 aliphatic heterocycles. The standard InChI is InChI=1S/C27H40N2O7/c1-3-5-7-13-26(32)36-21-24(20-35-19-22-11-8-6-9-12-22)29-27(33)23(10-4-2)18-25(31)28-14-16-34-17-15-30/h3-4,6,8-9,11-12,23-24,30H,1-2,5,7,10,13-21H2,(H,28,31)(H,29,33)/t23-,24-/m0/s1. The van der Waals surface area contributed by atoms with Crippen LogP contribution in [0.5, 0.6) is 0 Å². The van der Waals surface area contributed by atoms with Crippen LogP contribution in [0.4, 0.5) is 0 Å². The van der Waals surface area contributed by atoms with E-state index in [9.17, 15) is 14.4 Å². The number of aliphatic hydroxyl groups excluding tert-OH is 1. The quantitative estimate of drug-likeness (QED) is 0.133. The van der Waals surface area contributed by atoms with E-state index in [-0.39, 0.29) is 70.2 Å². The largest absolute Gasteiger partial charge is 0.463 e. The summed E-state index contributed by atoms with van der Waals surface area (Å²) in [4.78, 5) is 37.3. The monoisotopic (exact) mass is 504 g/mol. The minimum absolute atomic E-state index is 0.0310. The Hall–Kier alpha value is -3.01. The van der Waals surface area contributed by atoms with E-state index in [2.05, 4.69) is 23.8 Å². The van der Waals surface area contributed by atoms with Crippen LogP contribution in [0.3, 0.4) is 0 Å². The Bertz CT molecular complexity index is 786. The van der Waals surface area contributed by atoms with Crippen molar-refractivity contribution in [1.82, 2.24) is 10.6 Å². The number of esters is 1. The van der Waals surface area contributed by atoms with E-state index in [1.165, 1.54) is 0 Å². The number of rotatable bonds is 21. The second-order valence-electron chi connectivity index (χ2n) is 8.18. The van der Waals surface area contributed by atoms with Crippen LogP contribution in [-0.4, -0.2) is 68.5 Å². The number of nitrogens with one attached hydrogen (secondary N) is 2. The molecular weight excluding hydrogens is 464 g/mol. The fraction of sp³-hybridized carbons (Fsp3) is 0.519. The molecule has 0 spiro atoms. The molecule has 200 valence electrons. The average Bonchev–Trinajstić information content (AvgIpc) is 2.87. The molecule has 36 heavy (non-hydrogen) atoms. The minimum atomic E-state index is -0.638. The Morgan fingerprint density at radius 1 is 1.03 bits per heavy atom. The Balaban J connectivity index is 2.65. The third kappa shape index (κ3) is 15.1. The predicted molar refractivity (Wildman–Crippen MR) is 137 cm³/mol. The third-order valence-corrected chi connectivity index (χ3v) is 5.07. The number of unbranched alkanes of at least 4 members (excludes halogenated alkanes) is 1. The van der Waals surface area contributed by atoms with Gasteiger partial charge >= 0.3 is 5.97 Å². The molecule has 1 aromatic rings. The average molecular weight is 505 g/mol. The molecule has 0 radical (unpaired) electrons. The SMILES string of the molecule is C=CCCCC(=O)OC[C@H](COCc1ccccc1)NC(=O)[C@@H](CC=C)CC(=O)NCCOCCO. The number of aliphatic hydroxyl groups is 1. The summed E-state index contributed by atoms with van der Waals surface area (Å²) in [6.07, 6.45) is 5.22. The molecule has 0 bridgehead atoms. The van der Waals surface area contributed by atoms with Gasteiger partial charge in [0.2, 0.25) is 11.8 Å². The number of carbonyl (C=O) groups excluding carboxylic acids is 3. The summed E-state index contributed by atoms with van der Waals surface area (Å²) in [5.41, 5.74) is 0.980. The van der Waals surface area contributed by atoms with Gasteiger partial charge in [0.25, 0.3) is 0 Å². The first-order valence-electron chi connectivity index (χ1n) is 12.2. The van der Waals surface area contributed by atoms with Crippen LogP contribution in [0.2, 0.25) is 0 Å². The molecule has 0 heterocycles. The lowest BCUT2D eigenvalue weighted by atomic mass is 9.99. The highest BCUT2D eigenvalue weighted by Crippen LogP contribution is 2.11. The van der Waals surface area contributed by atoms with Gasteiger partial charge in [0.05, 0.1) is 45.0 Å². The van der Waals surface area contributed by atoms with Crippen molar-refractivity contribution in [2.24, 2.45) is 5.92 Å². The first-order chi connectivity index (χ1) is 17.5. The fourth-order valence-corrected chi connectivity index (χ4v) is 3.21. The van der Waals surface area contributed by atoms with Crippen molar-refractivity contribution >= 4 is 17.8 Å². The van der Waals surface area contributed by atoms with E-state index < -0.39 is 12.0 Å². The van der Waals surface area contributed by atoms with E-state index in [1.54, 1.807) is 12.2 Å². The van der Waals surface area contributed by atoms with E-state index in [0.717, 1.165) is 5.56 Å². The van der Waals surface area contributed by atoms with Crippen molar-refractivity contribution in [2.75, 3.05) is 39.6 Å². The van der Waals surface area contributed by atoms with Crippen LogP contribution in [0.1, 0.15) is 37.7 Å². The molecule has 2 amide bonds. The highest BCUT2D eigenvalue weighted by atomic mass is 16.5. The number of hydrogen-bond acceptors (Lipinski definition) is 7. The summed E-state index contributed by atoms with van der Waals surface area (Å²) in [5, 5.41) is 14.3. The molecule has 9 nitrogen and oxygen atoms in total. The van der Waals surface area contributed by atoms with E-state index in [4.69, 9.17) is 19.3 Å². The summed E-state index contributed by atoms with van der Waals surface area (Å²) < 4.78 is 16.2. The number of amides is 2. The van der Waals surface area contributed by atoms with Crippen LogP contribution in [-0.2, 0) is 35.2 Å². The maximum atomic E-state index is 13.0. The van der Waals surface area contributed by atoms with Crippen molar-refractivity contribution in [3.8, 4) is 0 Å². The zero-order chi connectivity index (χ0) is 26.4. The molecule has 0 aliphatic carbocycles. The molecule has 9 heteroatoms. The maximum absolute atomic E-state index is 13.0. The van der Waals surface area contributed by atoms with Gasteiger partial charge in [0.15, 0.2) is 0 Å². The highest BCUT2D eigenvalue weighted by molar-refractivity contribution is 5.86. The highest BCUT2D eigenvalue weighted by Gasteiger charge is 2.24. The molecule has 2 atom stereocenters. The van der Waals surface area contributed by atoms with Gasteiger partial charge in [0.1, 0.15) is 6.61 Å². The van der Waals surface area contributed by atoms with Gasteiger partial charge in [-0.25, -0.2) is 0 Å². The van der Waals surface area contributed by atoms with E-state index >= 15 is 0 Å². The number of benzene rings is 1. The Labute approximate surface area is 213 Å². The van der Waals surface area contributed by atoms with Crippen LogP contribution in [0, 0.1) is 5.92 Å². The van der Waals surface area contributed by atoms with Crippen molar-refractivity contribution < 1.29 is 33.7 Å². The topological polar surface area (TPSA) is 123 Å². The van der Waals surface area contributed by atoms with Crippen LogP contribution < -0.4 is 10.6 Å². The van der Waals surface area contributed by atoms with Crippen LogP contribution in [0.25, 0.3) is 0 Å². The van der Waals surface area contributed by atoms with Gasteiger partial charge in [-0.15, -0.1) is 13.2 Å².